The molecule has 0 saturated carbocycles. The van der Waals surface area contributed by atoms with Crippen molar-refractivity contribution < 1.29 is 9.59 Å². The smallest absolute Gasteiger partial charge is 0.195 e. The second-order valence-electron chi connectivity index (χ2n) is 5.63. The summed E-state index contributed by atoms with van der Waals surface area (Å²) in [5.74, 6) is -0.307. The summed E-state index contributed by atoms with van der Waals surface area (Å²) in [5.41, 5.74) is 3.54. The minimum Gasteiger partial charge on any atom is -0.357 e. The average Bonchev–Trinajstić information content (AvgIpc) is 2.93. The molecule has 1 aromatic heterocycles. The van der Waals surface area contributed by atoms with Gasteiger partial charge in [-0.15, -0.1) is 0 Å². The van der Waals surface area contributed by atoms with Crippen LogP contribution in [0, 0.1) is 6.92 Å². The van der Waals surface area contributed by atoms with Crippen molar-refractivity contribution in [1.82, 2.24) is 4.98 Å². The molecule has 0 aliphatic rings. The van der Waals surface area contributed by atoms with E-state index in [0.717, 1.165) is 5.56 Å². The van der Waals surface area contributed by atoms with E-state index in [0.29, 0.717) is 33.1 Å². The Balaban J connectivity index is 2.24. The number of aromatic nitrogens is 1. The number of benzene rings is 2. The molecule has 1 heterocycles. The van der Waals surface area contributed by atoms with Crippen LogP contribution in [-0.2, 0) is 0 Å². The van der Waals surface area contributed by atoms with Crippen LogP contribution in [0.4, 0.5) is 0 Å². The van der Waals surface area contributed by atoms with E-state index in [1.807, 2.05) is 30.3 Å². The zero-order valence-electron chi connectivity index (χ0n) is 13.4. The fraction of sp³-hybridized carbons (Fsp3) is 0.100. The first kappa shape index (κ1) is 16.2. The fourth-order valence-corrected chi connectivity index (χ4v) is 2.99. The van der Waals surface area contributed by atoms with Gasteiger partial charge < -0.3 is 4.98 Å². The first-order valence-corrected chi connectivity index (χ1v) is 7.96. The van der Waals surface area contributed by atoms with Crippen LogP contribution in [0.25, 0.3) is 11.3 Å². The monoisotopic (exact) mass is 337 g/mol. The number of Topliss-reactive ketones (excluding diaryl/α,β-unsaturated/α-hetero) is 1. The number of aryl methyl sites for hydroxylation is 1. The Morgan fingerprint density at radius 2 is 1.54 bits per heavy atom. The second kappa shape index (κ2) is 6.46. The summed E-state index contributed by atoms with van der Waals surface area (Å²) < 4.78 is 0. The highest BCUT2D eigenvalue weighted by Gasteiger charge is 2.25. The van der Waals surface area contributed by atoms with Crippen LogP contribution < -0.4 is 0 Å². The molecule has 0 aliphatic carbocycles. The van der Waals surface area contributed by atoms with E-state index < -0.39 is 0 Å². The third-order valence-corrected chi connectivity index (χ3v) is 4.19. The van der Waals surface area contributed by atoms with E-state index >= 15 is 0 Å². The minimum absolute atomic E-state index is 0.136. The van der Waals surface area contributed by atoms with Crippen molar-refractivity contribution in [1.29, 1.82) is 0 Å². The van der Waals surface area contributed by atoms with Crippen LogP contribution in [0.15, 0.2) is 54.6 Å². The highest BCUT2D eigenvalue weighted by molar-refractivity contribution is 6.30. The maximum absolute atomic E-state index is 13.0. The summed E-state index contributed by atoms with van der Waals surface area (Å²) in [4.78, 5) is 28.4. The summed E-state index contributed by atoms with van der Waals surface area (Å²) in [5, 5.41) is 0.616. The molecule has 0 bridgehead atoms. The van der Waals surface area contributed by atoms with Crippen molar-refractivity contribution in [2.75, 3.05) is 0 Å². The Bertz CT molecular complexity index is 909. The van der Waals surface area contributed by atoms with Crippen molar-refractivity contribution in [3.05, 3.63) is 82.0 Å². The number of halogens is 1. The van der Waals surface area contributed by atoms with Crippen LogP contribution in [0.3, 0.4) is 0 Å². The number of rotatable bonds is 4. The molecule has 0 spiro atoms. The topological polar surface area (TPSA) is 49.9 Å². The van der Waals surface area contributed by atoms with Crippen LogP contribution in [0.2, 0.25) is 5.02 Å². The first-order chi connectivity index (χ1) is 11.5. The van der Waals surface area contributed by atoms with Gasteiger partial charge in [0.1, 0.15) is 0 Å². The van der Waals surface area contributed by atoms with Crippen LogP contribution in [0.1, 0.15) is 38.9 Å². The summed E-state index contributed by atoms with van der Waals surface area (Å²) >= 11 is 5.95. The van der Waals surface area contributed by atoms with E-state index in [-0.39, 0.29) is 11.6 Å². The molecule has 2 aromatic carbocycles. The Kier molecular flexibility index (Phi) is 4.36. The first-order valence-electron chi connectivity index (χ1n) is 7.58. The maximum atomic E-state index is 13.0. The Labute approximate surface area is 145 Å². The van der Waals surface area contributed by atoms with Gasteiger partial charge >= 0.3 is 0 Å². The molecule has 3 rings (SSSR count). The minimum atomic E-state index is -0.171. The molecule has 0 aliphatic heterocycles. The van der Waals surface area contributed by atoms with Gasteiger partial charge in [-0.3, -0.25) is 9.59 Å². The Morgan fingerprint density at radius 3 is 2.12 bits per heavy atom. The lowest BCUT2D eigenvalue weighted by Crippen LogP contribution is -2.08. The maximum Gasteiger partial charge on any atom is 0.195 e. The lowest BCUT2D eigenvalue weighted by molar-refractivity contribution is 0.0991. The standard InChI is InChI=1S/C20H16ClNO2/c1-12-17(13(2)23)18(20(24)15-6-4-3-5-7-15)19(22-12)14-8-10-16(21)11-9-14/h3-11,22H,1-2H3. The molecule has 0 radical (unpaired) electrons. The number of ketones is 2. The van der Waals surface area contributed by atoms with E-state index in [9.17, 15) is 9.59 Å². The summed E-state index contributed by atoms with van der Waals surface area (Å²) in [6, 6.07) is 16.2. The molecule has 0 fully saturated rings. The van der Waals surface area contributed by atoms with E-state index in [1.165, 1.54) is 6.92 Å². The quantitative estimate of drug-likeness (QED) is 0.675. The van der Waals surface area contributed by atoms with E-state index in [1.54, 1.807) is 31.2 Å². The zero-order chi connectivity index (χ0) is 17.3. The summed E-state index contributed by atoms with van der Waals surface area (Å²) in [6.07, 6.45) is 0. The van der Waals surface area contributed by atoms with Crippen LogP contribution >= 0.6 is 11.6 Å². The Morgan fingerprint density at radius 1 is 0.917 bits per heavy atom. The van der Waals surface area contributed by atoms with Gasteiger partial charge in [0.2, 0.25) is 0 Å². The van der Waals surface area contributed by atoms with Gasteiger partial charge in [-0.1, -0.05) is 54.1 Å². The van der Waals surface area contributed by atoms with E-state index in [2.05, 4.69) is 4.98 Å². The summed E-state index contributed by atoms with van der Waals surface area (Å²) in [6.45, 7) is 3.28. The molecular formula is C20H16ClNO2. The van der Waals surface area contributed by atoms with Crippen molar-refractivity contribution in [2.24, 2.45) is 0 Å². The number of hydrogen-bond acceptors (Lipinski definition) is 2. The molecule has 0 saturated heterocycles. The molecular weight excluding hydrogens is 322 g/mol. The zero-order valence-corrected chi connectivity index (χ0v) is 14.1. The lowest BCUT2D eigenvalue weighted by atomic mass is 9.94. The van der Waals surface area contributed by atoms with Gasteiger partial charge in [0.25, 0.3) is 0 Å². The van der Waals surface area contributed by atoms with Gasteiger partial charge in [-0.05, 0) is 31.5 Å². The molecule has 4 heteroatoms. The number of carbonyl (C=O) groups excluding carboxylic acids is 2. The number of hydrogen-bond donors (Lipinski definition) is 1. The molecule has 0 unspecified atom stereocenters. The normalized spacial score (nSPS) is 10.6. The third kappa shape index (κ3) is 2.91. The lowest BCUT2D eigenvalue weighted by Gasteiger charge is -2.06. The predicted octanol–water partition coefficient (Wildman–Crippen LogP) is 5.08. The summed E-state index contributed by atoms with van der Waals surface area (Å²) in [7, 11) is 0. The molecule has 0 amide bonds. The number of carbonyl (C=O) groups is 2. The highest BCUT2D eigenvalue weighted by Crippen LogP contribution is 2.31. The fourth-order valence-electron chi connectivity index (χ4n) is 2.86. The molecule has 0 atom stereocenters. The van der Waals surface area contributed by atoms with Gasteiger partial charge in [0.05, 0.1) is 11.3 Å². The van der Waals surface area contributed by atoms with Gasteiger partial charge in [-0.2, -0.15) is 0 Å². The van der Waals surface area contributed by atoms with Crippen molar-refractivity contribution in [3.63, 3.8) is 0 Å². The van der Waals surface area contributed by atoms with Crippen molar-refractivity contribution >= 4 is 23.2 Å². The number of nitrogens with one attached hydrogen (secondary N) is 1. The number of H-pyrrole nitrogens is 1. The average molecular weight is 338 g/mol. The molecule has 120 valence electrons. The van der Waals surface area contributed by atoms with Gasteiger partial charge in [0.15, 0.2) is 11.6 Å². The van der Waals surface area contributed by atoms with Crippen LogP contribution in [0.5, 0.6) is 0 Å². The highest BCUT2D eigenvalue weighted by atomic mass is 35.5. The van der Waals surface area contributed by atoms with Gasteiger partial charge in [0, 0.05) is 21.8 Å². The number of aromatic amines is 1. The second-order valence-corrected chi connectivity index (χ2v) is 6.07. The van der Waals surface area contributed by atoms with Crippen molar-refractivity contribution in [3.8, 4) is 11.3 Å². The largest absolute Gasteiger partial charge is 0.357 e. The molecule has 1 N–H and O–H groups in total. The Hall–Kier alpha value is -2.65. The third-order valence-electron chi connectivity index (χ3n) is 3.94. The van der Waals surface area contributed by atoms with Crippen LogP contribution in [-0.4, -0.2) is 16.6 Å². The van der Waals surface area contributed by atoms with Crippen molar-refractivity contribution in [2.45, 2.75) is 13.8 Å². The SMILES string of the molecule is CC(=O)c1c(C)[nH]c(-c2ccc(Cl)cc2)c1C(=O)c1ccccc1. The predicted molar refractivity (Wildman–Crippen MR) is 95.9 cm³/mol. The molecule has 24 heavy (non-hydrogen) atoms. The molecule has 3 nitrogen and oxygen atoms in total. The molecule has 3 aromatic rings. The van der Waals surface area contributed by atoms with E-state index in [4.69, 9.17) is 11.6 Å². The van der Waals surface area contributed by atoms with Gasteiger partial charge in [-0.25, -0.2) is 0 Å².